The van der Waals surface area contributed by atoms with Crippen LogP contribution in [0.5, 0.6) is 0 Å². The molecule has 0 aromatic heterocycles. The van der Waals surface area contributed by atoms with Gasteiger partial charge in [0.2, 0.25) is 11.6 Å². The second-order valence-corrected chi connectivity index (χ2v) is 3.18. The summed E-state index contributed by atoms with van der Waals surface area (Å²) in [6, 6.07) is 9.53. The highest BCUT2D eigenvalue weighted by molar-refractivity contribution is 6.37. The number of hydrogen-bond acceptors (Lipinski definition) is 3. The van der Waals surface area contributed by atoms with Crippen LogP contribution in [0.1, 0.15) is 18.9 Å². The predicted octanol–water partition coefficient (Wildman–Crippen LogP) is 1.75. The smallest absolute Gasteiger partial charge is 0.223 e. The minimum Gasteiger partial charge on any atom is -0.368 e. The molecule has 0 saturated heterocycles. The van der Waals surface area contributed by atoms with Crippen molar-refractivity contribution in [3.8, 4) is 0 Å². The second-order valence-electron chi connectivity index (χ2n) is 3.18. The summed E-state index contributed by atoms with van der Waals surface area (Å²) in [7, 11) is 0. The summed E-state index contributed by atoms with van der Waals surface area (Å²) >= 11 is 0. The Kier molecular flexibility index (Phi) is 4.71. The summed E-state index contributed by atoms with van der Waals surface area (Å²) in [5.41, 5.74) is 0.995. The zero-order valence-corrected chi connectivity index (χ0v) is 8.73. The Morgan fingerprint density at radius 3 is 2.40 bits per heavy atom. The Balaban J connectivity index is 2.28. The first kappa shape index (κ1) is 11.6. The average Bonchev–Trinajstić information content (AvgIpc) is 2.29. The zero-order chi connectivity index (χ0) is 11.1. The lowest BCUT2D eigenvalue weighted by atomic mass is 10.2. The average molecular weight is 206 g/mol. The molecule has 0 aliphatic carbocycles. The van der Waals surface area contributed by atoms with E-state index in [-0.39, 0.29) is 18.8 Å². The highest BCUT2D eigenvalue weighted by atomic mass is 16.5. The Morgan fingerprint density at radius 2 is 1.80 bits per heavy atom. The van der Waals surface area contributed by atoms with Gasteiger partial charge in [0.15, 0.2) is 0 Å². The third kappa shape index (κ3) is 4.04. The fraction of sp³-hybridized carbons (Fsp3) is 0.333. The molecule has 80 valence electrons. The molecule has 1 aromatic rings. The fourth-order valence-electron chi connectivity index (χ4n) is 1.11. The normalized spacial score (nSPS) is 9.93. The maximum Gasteiger partial charge on any atom is 0.223 e. The molecule has 3 nitrogen and oxygen atoms in total. The SMILES string of the molecule is CCC(=O)C(=O)COCc1ccccc1. The van der Waals surface area contributed by atoms with E-state index >= 15 is 0 Å². The van der Waals surface area contributed by atoms with Crippen molar-refractivity contribution in [1.29, 1.82) is 0 Å². The largest absolute Gasteiger partial charge is 0.368 e. The highest BCUT2D eigenvalue weighted by Crippen LogP contribution is 2.00. The van der Waals surface area contributed by atoms with Crippen LogP contribution >= 0.6 is 0 Å². The lowest BCUT2D eigenvalue weighted by molar-refractivity contribution is -0.139. The van der Waals surface area contributed by atoms with Crippen molar-refractivity contribution in [1.82, 2.24) is 0 Å². The molecule has 0 aliphatic heterocycles. The summed E-state index contributed by atoms with van der Waals surface area (Å²) in [6.45, 7) is 1.91. The summed E-state index contributed by atoms with van der Waals surface area (Å²) in [4.78, 5) is 22.0. The molecule has 0 radical (unpaired) electrons. The van der Waals surface area contributed by atoms with E-state index in [9.17, 15) is 9.59 Å². The molecule has 1 aromatic carbocycles. The predicted molar refractivity (Wildman–Crippen MR) is 56.4 cm³/mol. The molecule has 1 rings (SSSR count). The van der Waals surface area contributed by atoms with Gasteiger partial charge in [-0.3, -0.25) is 9.59 Å². The number of benzene rings is 1. The zero-order valence-electron chi connectivity index (χ0n) is 8.73. The van der Waals surface area contributed by atoms with Crippen LogP contribution in [0, 0.1) is 0 Å². The number of carbonyl (C=O) groups excluding carboxylic acids is 2. The van der Waals surface area contributed by atoms with Crippen molar-refractivity contribution in [3.05, 3.63) is 35.9 Å². The van der Waals surface area contributed by atoms with E-state index in [2.05, 4.69) is 0 Å². The van der Waals surface area contributed by atoms with Crippen LogP contribution in [-0.2, 0) is 20.9 Å². The summed E-state index contributed by atoms with van der Waals surface area (Å²) in [5.74, 6) is -0.823. The number of ketones is 2. The van der Waals surface area contributed by atoms with Crippen LogP contribution in [0.3, 0.4) is 0 Å². The molecule has 0 saturated carbocycles. The van der Waals surface area contributed by atoms with Crippen molar-refractivity contribution in [2.24, 2.45) is 0 Å². The molecule has 0 unspecified atom stereocenters. The molecule has 3 heteroatoms. The van der Waals surface area contributed by atoms with E-state index < -0.39 is 5.78 Å². The Morgan fingerprint density at radius 1 is 1.13 bits per heavy atom. The van der Waals surface area contributed by atoms with Crippen molar-refractivity contribution in [3.63, 3.8) is 0 Å². The van der Waals surface area contributed by atoms with Gasteiger partial charge in [-0.15, -0.1) is 0 Å². The van der Waals surface area contributed by atoms with Gasteiger partial charge in [0.05, 0.1) is 6.61 Å². The molecular formula is C12H14O3. The summed E-state index contributed by atoms with van der Waals surface area (Å²) in [6.07, 6.45) is 0.244. The van der Waals surface area contributed by atoms with Crippen LogP contribution in [0.25, 0.3) is 0 Å². The van der Waals surface area contributed by atoms with E-state index in [1.54, 1.807) is 6.92 Å². The monoisotopic (exact) mass is 206 g/mol. The molecule has 0 atom stereocenters. The first-order valence-electron chi connectivity index (χ1n) is 4.91. The van der Waals surface area contributed by atoms with E-state index in [0.717, 1.165) is 5.56 Å². The Hall–Kier alpha value is -1.48. The molecule has 0 bridgehead atoms. The van der Waals surface area contributed by atoms with E-state index in [1.807, 2.05) is 30.3 Å². The summed E-state index contributed by atoms with van der Waals surface area (Å²) in [5, 5.41) is 0. The topological polar surface area (TPSA) is 43.4 Å². The van der Waals surface area contributed by atoms with Crippen molar-refractivity contribution >= 4 is 11.6 Å². The summed E-state index contributed by atoms with van der Waals surface area (Å²) < 4.78 is 5.13. The van der Waals surface area contributed by atoms with Gasteiger partial charge in [0, 0.05) is 6.42 Å². The van der Waals surface area contributed by atoms with Gasteiger partial charge < -0.3 is 4.74 Å². The Labute approximate surface area is 89.1 Å². The van der Waals surface area contributed by atoms with Crippen LogP contribution in [0.4, 0.5) is 0 Å². The van der Waals surface area contributed by atoms with E-state index in [1.165, 1.54) is 0 Å². The number of Topliss-reactive ketones (excluding diaryl/α,β-unsaturated/α-hetero) is 2. The molecule has 0 spiro atoms. The fourth-order valence-corrected chi connectivity index (χ4v) is 1.11. The maximum absolute atomic E-state index is 11.1. The van der Waals surface area contributed by atoms with Crippen molar-refractivity contribution in [2.45, 2.75) is 20.0 Å². The molecule has 15 heavy (non-hydrogen) atoms. The highest BCUT2D eigenvalue weighted by Gasteiger charge is 2.10. The number of hydrogen-bond donors (Lipinski definition) is 0. The minimum atomic E-state index is -0.451. The molecule has 0 N–H and O–H groups in total. The maximum atomic E-state index is 11.1. The molecule has 0 heterocycles. The first-order chi connectivity index (χ1) is 7.24. The number of carbonyl (C=O) groups is 2. The van der Waals surface area contributed by atoms with Crippen LogP contribution < -0.4 is 0 Å². The lowest BCUT2D eigenvalue weighted by Crippen LogP contribution is -2.18. The van der Waals surface area contributed by atoms with Gasteiger partial charge in [0.1, 0.15) is 6.61 Å². The van der Waals surface area contributed by atoms with E-state index in [4.69, 9.17) is 4.74 Å². The van der Waals surface area contributed by atoms with Gasteiger partial charge in [0.25, 0.3) is 0 Å². The molecule has 0 amide bonds. The van der Waals surface area contributed by atoms with Gasteiger partial charge >= 0.3 is 0 Å². The van der Waals surface area contributed by atoms with Gasteiger partial charge in [-0.1, -0.05) is 37.3 Å². The van der Waals surface area contributed by atoms with Gasteiger partial charge in [-0.2, -0.15) is 0 Å². The van der Waals surface area contributed by atoms with Gasteiger partial charge in [-0.25, -0.2) is 0 Å². The van der Waals surface area contributed by atoms with Gasteiger partial charge in [-0.05, 0) is 5.56 Å². The van der Waals surface area contributed by atoms with Crippen LogP contribution in [-0.4, -0.2) is 18.2 Å². The number of rotatable bonds is 6. The first-order valence-corrected chi connectivity index (χ1v) is 4.91. The van der Waals surface area contributed by atoms with Crippen LogP contribution in [0.15, 0.2) is 30.3 Å². The van der Waals surface area contributed by atoms with E-state index in [0.29, 0.717) is 6.61 Å². The van der Waals surface area contributed by atoms with Crippen molar-refractivity contribution in [2.75, 3.05) is 6.61 Å². The van der Waals surface area contributed by atoms with Crippen LogP contribution in [0.2, 0.25) is 0 Å². The standard InChI is InChI=1S/C12H14O3/c1-2-11(13)12(14)9-15-8-10-6-4-3-5-7-10/h3-7H,2,8-9H2,1H3. The molecule has 0 fully saturated rings. The third-order valence-corrected chi connectivity index (χ3v) is 1.98. The third-order valence-electron chi connectivity index (χ3n) is 1.98. The molecule has 0 aliphatic rings. The second kappa shape index (κ2) is 6.09. The molecular weight excluding hydrogens is 192 g/mol. The minimum absolute atomic E-state index is 0.123. The van der Waals surface area contributed by atoms with Crippen molar-refractivity contribution < 1.29 is 14.3 Å². The quantitative estimate of drug-likeness (QED) is 0.666. The Bertz CT molecular complexity index is 330. The lowest BCUT2D eigenvalue weighted by Gasteiger charge is -2.02. The number of ether oxygens (including phenoxy) is 1.